The van der Waals surface area contributed by atoms with Crippen molar-refractivity contribution in [2.45, 2.75) is 0 Å². The summed E-state index contributed by atoms with van der Waals surface area (Å²) in [5, 5.41) is 4.96. The van der Waals surface area contributed by atoms with E-state index in [2.05, 4.69) is 70.7 Å². The molecule has 5 rings (SSSR count). The third kappa shape index (κ3) is 4.03. The lowest BCUT2D eigenvalue weighted by molar-refractivity contribution is 1.30. The SMILES string of the molecule is C(=C\c1ccccn1)/c1ccc2cc3cc(/C=C/c4ccccn4)ccc3cc2c1. The van der Waals surface area contributed by atoms with Gasteiger partial charge in [-0.2, -0.15) is 0 Å². The number of fused-ring (bicyclic) bond motifs is 2. The van der Waals surface area contributed by atoms with E-state index in [0.717, 1.165) is 11.4 Å². The highest BCUT2D eigenvalue weighted by atomic mass is 14.7. The molecule has 5 aromatic rings. The molecule has 0 amide bonds. The van der Waals surface area contributed by atoms with E-state index in [-0.39, 0.29) is 0 Å². The molecule has 3 aromatic carbocycles. The monoisotopic (exact) mass is 384 g/mol. The zero-order valence-corrected chi connectivity index (χ0v) is 16.4. The van der Waals surface area contributed by atoms with Gasteiger partial charge < -0.3 is 0 Å². The van der Waals surface area contributed by atoms with Crippen LogP contribution >= 0.6 is 0 Å². The number of pyridine rings is 2. The summed E-state index contributed by atoms with van der Waals surface area (Å²) in [5.74, 6) is 0. The van der Waals surface area contributed by atoms with E-state index in [1.807, 2.05) is 60.9 Å². The van der Waals surface area contributed by atoms with E-state index in [0.29, 0.717) is 0 Å². The molecule has 30 heavy (non-hydrogen) atoms. The summed E-state index contributed by atoms with van der Waals surface area (Å²) in [7, 11) is 0. The molecule has 0 N–H and O–H groups in total. The summed E-state index contributed by atoms with van der Waals surface area (Å²) in [5.41, 5.74) is 4.26. The second kappa shape index (κ2) is 8.14. The third-order valence-electron chi connectivity index (χ3n) is 5.11. The first kappa shape index (κ1) is 18.0. The van der Waals surface area contributed by atoms with Crippen molar-refractivity contribution in [3.05, 3.63) is 120 Å². The molecule has 0 atom stereocenters. The van der Waals surface area contributed by atoms with Gasteiger partial charge in [-0.3, -0.25) is 9.97 Å². The summed E-state index contributed by atoms with van der Waals surface area (Å²) in [6, 6.07) is 29.5. The van der Waals surface area contributed by atoms with E-state index < -0.39 is 0 Å². The summed E-state index contributed by atoms with van der Waals surface area (Å²) in [4.78, 5) is 8.69. The van der Waals surface area contributed by atoms with Crippen LogP contribution in [0.2, 0.25) is 0 Å². The van der Waals surface area contributed by atoms with E-state index >= 15 is 0 Å². The fourth-order valence-corrected chi connectivity index (χ4v) is 3.55. The van der Waals surface area contributed by atoms with Crippen LogP contribution in [0, 0.1) is 0 Å². The van der Waals surface area contributed by atoms with Gasteiger partial charge in [0.1, 0.15) is 0 Å². The summed E-state index contributed by atoms with van der Waals surface area (Å²) < 4.78 is 0. The van der Waals surface area contributed by atoms with Crippen molar-refractivity contribution in [1.29, 1.82) is 0 Å². The van der Waals surface area contributed by atoms with Crippen molar-refractivity contribution in [2.75, 3.05) is 0 Å². The van der Waals surface area contributed by atoms with E-state index in [1.165, 1.54) is 32.7 Å². The van der Waals surface area contributed by atoms with Gasteiger partial charge in [-0.1, -0.05) is 48.6 Å². The summed E-state index contributed by atoms with van der Waals surface area (Å²) in [6.45, 7) is 0. The predicted molar refractivity (Wildman–Crippen MR) is 128 cm³/mol. The van der Waals surface area contributed by atoms with Crippen LogP contribution in [-0.4, -0.2) is 9.97 Å². The first-order chi connectivity index (χ1) is 14.8. The van der Waals surface area contributed by atoms with Gasteiger partial charge in [0.2, 0.25) is 0 Å². The highest BCUT2D eigenvalue weighted by Gasteiger charge is 2.00. The van der Waals surface area contributed by atoms with Gasteiger partial charge in [0, 0.05) is 12.4 Å². The lowest BCUT2D eigenvalue weighted by atomic mass is 9.99. The maximum absolute atomic E-state index is 4.34. The molecule has 0 fully saturated rings. The Bertz CT molecular complexity index is 1260. The number of hydrogen-bond donors (Lipinski definition) is 0. The molecule has 2 heteroatoms. The number of nitrogens with zero attached hydrogens (tertiary/aromatic N) is 2. The minimum atomic E-state index is 0.961. The molecule has 0 aliphatic heterocycles. The van der Waals surface area contributed by atoms with Crippen molar-refractivity contribution in [2.24, 2.45) is 0 Å². The average Bonchev–Trinajstić information content (AvgIpc) is 2.81. The lowest BCUT2D eigenvalue weighted by Crippen LogP contribution is -1.81. The lowest BCUT2D eigenvalue weighted by Gasteiger charge is -2.05. The van der Waals surface area contributed by atoms with Crippen LogP contribution in [0.25, 0.3) is 45.8 Å². The molecular weight excluding hydrogens is 364 g/mol. The van der Waals surface area contributed by atoms with Gasteiger partial charge in [0.15, 0.2) is 0 Å². The molecule has 2 heterocycles. The van der Waals surface area contributed by atoms with Crippen LogP contribution in [0.5, 0.6) is 0 Å². The van der Waals surface area contributed by atoms with Gasteiger partial charge in [0.25, 0.3) is 0 Å². The highest BCUT2D eigenvalue weighted by Crippen LogP contribution is 2.26. The molecule has 2 nitrogen and oxygen atoms in total. The van der Waals surface area contributed by atoms with Crippen LogP contribution in [0.3, 0.4) is 0 Å². The van der Waals surface area contributed by atoms with Crippen LogP contribution in [0.1, 0.15) is 22.5 Å². The van der Waals surface area contributed by atoms with Crippen LogP contribution in [0.15, 0.2) is 97.3 Å². The van der Waals surface area contributed by atoms with Gasteiger partial charge in [-0.05, 0) is 93.4 Å². The van der Waals surface area contributed by atoms with Gasteiger partial charge in [0.05, 0.1) is 11.4 Å². The predicted octanol–water partition coefficient (Wildman–Crippen LogP) is 7.12. The summed E-state index contributed by atoms with van der Waals surface area (Å²) >= 11 is 0. The van der Waals surface area contributed by atoms with Crippen molar-refractivity contribution in [3.63, 3.8) is 0 Å². The first-order valence-corrected chi connectivity index (χ1v) is 9.99. The largest absolute Gasteiger partial charge is 0.257 e. The molecule has 0 aliphatic rings. The third-order valence-corrected chi connectivity index (χ3v) is 5.11. The molecule has 0 spiro atoms. The normalized spacial score (nSPS) is 11.7. The van der Waals surface area contributed by atoms with Gasteiger partial charge >= 0.3 is 0 Å². The zero-order valence-electron chi connectivity index (χ0n) is 16.4. The van der Waals surface area contributed by atoms with Crippen molar-refractivity contribution in [3.8, 4) is 0 Å². The number of benzene rings is 3. The Hall–Kier alpha value is -4.04. The fourth-order valence-electron chi connectivity index (χ4n) is 3.55. The second-order valence-electron chi connectivity index (χ2n) is 7.24. The Morgan fingerprint density at radius 3 is 1.37 bits per heavy atom. The molecule has 0 unspecified atom stereocenters. The van der Waals surface area contributed by atoms with E-state index in [1.54, 1.807) is 0 Å². The van der Waals surface area contributed by atoms with E-state index in [9.17, 15) is 0 Å². The zero-order chi connectivity index (χ0) is 20.2. The number of hydrogen-bond acceptors (Lipinski definition) is 2. The molecule has 142 valence electrons. The summed E-state index contributed by atoms with van der Waals surface area (Å²) in [6.07, 6.45) is 11.9. The van der Waals surface area contributed by atoms with Gasteiger partial charge in [-0.25, -0.2) is 0 Å². The minimum Gasteiger partial charge on any atom is -0.257 e. The van der Waals surface area contributed by atoms with Crippen molar-refractivity contribution in [1.82, 2.24) is 9.97 Å². The highest BCUT2D eigenvalue weighted by molar-refractivity contribution is 6.00. The Balaban J connectivity index is 1.45. The molecule has 0 saturated heterocycles. The van der Waals surface area contributed by atoms with E-state index in [4.69, 9.17) is 0 Å². The quantitative estimate of drug-likeness (QED) is 0.308. The maximum atomic E-state index is 4.34. The maximum Gasteiger partial charge on any atom is 0.0629 e. The Kier molecular flexibility index (Phi) is 4.89. The topological polar surface area (TPSA) is 25.8 Å². The molecule has 0 radical (unpaired) electrons. The molecule has 0 saturated carbocycles. The Labute approximate surface area is 175 Å². The van der Waals surface area contributed by atoms with Crippen LogP contribution < -0.4 is 0 Å². The molecular formula is C28H20N2. The number of aromatic nitrogens is 2. The minimum absolute atomic E-state index is 0.961. The Morgan fingerprint density at radius 2 is 0.933 bits per heavy atom. The Morgan fingerprint density at radius 1 is 0.433 bits per heavy atom. The average molecular weight is 384 g/mol. The van der Waals surface area contributed by atoms with Crippen molar-refractivity contribution < 1.29 is 0 Å². The second-order valence-corrected chi connectivity index (χ2v) is 7.24. The van der Waals surface area contributed by atoms with Crippen LogP contribution in [-0.2, 0) is 0 Å². The fraction of sp³-hybridized carbons (Fsp3) is 0. The first-order valence-electron chi connectivity index (χ1n) is 9.99. The smallest absolute Gasteiger partial charge is 0.0629 e. The molecule has 0 aliphatic carbocycles. The number of rotatable bonds is 4. The van der Waals surface area contributed by atoms with Gasteiger partial charge in [-0.15, -0.1) is 0 Å². The van der Waals surface area contributed by atoms with Crippen molar-refractivity contribution >= 4 is 45.8 Å². The van der Waals surface area contributed by atoms with Crippen LogP contribution in [0.4, 0.5) is 0 Å². The molecule has 2 aromatic heterocycles. The molecule has 0 bridgehead atoms. The standard InChI is InChI=1S/C28H20N2/c1-3-15-29-27(5-1)13-9-21-7-11-23-20-26-18-22(8-12-24(26)19-25(23)17-21)10-14-28-6-2-4-16-30-28/h1-20H/b13-9+,14-10+.